The van der Waals surface area contributed by atoms with Gasteiger partial charge in [-0.15, -0.1) is 0 Å². The van der Waals surface area contributed by atoms with Gasteiger partial charge in [0.05, 0.1) is 11.0 Å². The number of nitrogens with zero attached hydrogens (tertiary/aromatic N) is 1. The predicted molar refractivity (Wildman–Crippen MR) is 102 cm³/mol. The molecule has 4 rings (SSSR count). The normalized spacial score (nSPS) is 18.4. The fourth-order valence-electron chi connectivity index (χ4n) is 3.50. The van der Waals surface area contributed by atoms with Crippen LogP contribution in [-0.2, 0) is 14.8 Å². The molecule has 0 bridgehead atoms. The summed E-state index contributed by atoms with van der Waals surface area (Å²) in [6.45, 7) is 2.07. The van der Waals surface area contributed by atoms with E-state index in [1.807, 2.05) is 30.3 Å². The average Bonchev–Trinajstić information content (AvgIpc) is 2.73. The molecule has 2 aromatic rings. The van der Waals surface area contributed by atoms with E-state index in [1.54, 1.807) is 23.5 Å². The molecule has 2 aromatic carbocycles. The van der Waals surface area contributed by atoms with Crippen molar-refractivity contribution in [2.24, 2.45) is 0 Å². The highest BCUT2D eigenvalue weighted by atomic mass is 32.2. The molecule has 0 radical (unpaired) electrons. The highest BCUT2D eigenvalue weighted by Gasteiger charge is 2.29. The van der Waals surface area contributed by atoms with Crippen molar-refractivity contribution in [2.45, 2.75) is 23.8 Å². The third-order valence-electron chi connectivity index (χ3n) is 5.10. The smallest absolute Gasteiger partial charge is 0.243 e. The second-order valence-electron chi connectivity index (χ2n) is 6.72. The Morgan fingerprint density at radius 1 is 0.926 bits per heavy atom. The van der Waals surface area contributed by atoms with Crippen molar-refractivity contribution in [1.82, 2.24) is 4.31 Å². The van der Waals surface area contributed by atoms with Gasteiger partial charge in [0.25, 0.3) is 0 Å². The lowest BCUT2D eigenvalue weighted by Gasteiger charge is -2.30. The Labute approximate surface area is 159 Å². The van der Waals surface area contributed by atoms with E-state index in [4.69, 9.17) is 14.2 Å². The lowest BCUT2D eigenvalue weighted by Crippen LogP contribution is -2.40. The van der Waals surface area contributed by atoms with E-state index in [0.717, 1.165) is 35.5 Å². The number of sulfonamides is 1. The van der Waals surface area contributed by atoms with Crippen LogP contribution in [0, 0.1) is 0 Å². The van der Waals surface area contributed by atoms with Crippen LogP contribution in [0.1, 0.15) is 12.8 Å². The number of benzene rings is 2. The van der Waals surface area contributed by atoms with Gasteiger partial charge in [-0.1, -0.05) is 18.2 Å². The van der Waals surface area contributed by atoms with Gasteiger partial charge in [0.1, 0.15) is 13.2 Å². The van der Waals surface area contributed by atoms with Crippen LogP contribution in [0.25, 0.3) is 11.1 Å². The minimum atomic E-state index is -3.47. The van der Waals surface area contributed by atoms with E-state index in [-0.39, 0.29) is 6.10 Å². The molecule has 0 aromatic heterocycles. The first-order valence-electron chi connectivity index (χ1n) is 9.11. The highest BCUT2D eigenvalue weighted by Crippen LogP contribution is 2.35. The Hall–Kier alpha value is -2.09. The molecule has 0 unspecified atom stereocenters. The van der Waals surface area contributed by atoms with Crippen molar-refractivity contribution in [3.05, 3.63) is 42.5 Å². The van der Waals surface area contributed by atoms with Gasteiger partial charge in [0.2, 0.25) is 10.0 Å². The first-order chi connectivity index (χ1) is 13.1. The summed E-state index contributed by atoms with van der Waals surface area (Å²) in [5, 5.41) is 0. The first-order valence-corrected chi connectivity index (χ1v) is 10.5. The van der Waals surface area contributed by atoms with Gasteiger partial charge in [-0.2, -0.15) is 4.31 Å². The van der Waals surface area contributed by atoms with Crippen molar-refractivity contribution < 1.29 is 22.6 Å². The molecule has 6 nitrogen and oxygen atoms in total. The maximum Gasteiger partial charge on any atom is 0.243 e. The SMILES string of the molecule is COC1CCN(S(=O)(=O)c2ccc(-c3ccc4c(c3)OCCO4)cc2)CC1. The summed E-state index contributed by atoms with van der Waals surface area (Å²) in [6.07, 6.45) is 1.60. The standard InChI is InChI=1S/C20H23NO5S/c1-24-17-8-10-21(11-9-17)27(22,23)18-5-2-15(3-6-18)16-4-7-19-20(14-16)26-13-12-25-19/h2-7,14,17H,8-13H2,1H3. The third kappa shape index (κ3) is 3.67. The van der Waals surface area contributed by atoms with Crippen LogP contribution in [0.5, 0.6) is 11.5 Å². The molecule has 1 saturated heterocycles. The van der Waals surface area contributed by atoms with E-state index in [2.05, 4.69) is 0 Å². The average molecular weight is 389 g/mol. The van der Waals surface area contributed by atoms with Gasteiger partial charge in [-0.3, -0.25) is 0 Å². The summed E-state index contributed by atoms with van der Waals surface area (Å²) in [7, 11) is -1.80. The van der Waals surface area contributed by atoms with Crippen molar-refractivity contribution >= 4 is 10.0 Å². The largest absolute Gasteiger partial charge is 0.486 e. The van der Waals surface area contributed by atoms with Gasteiger partial charge in [0, 0.05) is 20.2 Å². The molecule has 0 spiro atoms. The van der Waals surface area contributed by atoms with Crippen LogP contribution in [0.15, 0.2) is 47.4 Å². The maximum atomic E-state index is 12.9. The second kappa shape index (κ2) is 7.50. The van der Waals surface area contributed by atoms with Gasteiger partial charge in [-0.25, -0.2) is 8.42 Å². The molecule has 1 fully saturated rings. The Kier molecular flexibility index (Phi) is 5.08. The van der Waals surface area contributed by atoms with E-state index in [1.165, 1.54) is 0 Å². The summed E-state index contributed by atoms with van der Waals surface area (Å²) in [6, 6.07) is 12.8. The zero-order valence-electron chi connectivity index (χ0n) is 15.3. The second-order valence-corrected chi connectivity index (χ2v) is 8.66. The van der Waals surface area contributed by atoms with Crippen molar-refractivity contribution in [2.75, 3.05) is 33.4 Å². The highest BCUT2D eigenvalue weighted by molar-refractivity contribution is 7.89. The van der Waals surface area contributed by atoms with Crippen LogP contribution in [0.2, 0.25) is 0 Å². The molecule has 2 aliphatic heterocycles. The summed E-state index contributed by atoms with van der Waals surface area (Å²) in [5.74, 6) is 1.46. The number of piperidine rings is 1. The Balaban J connectivity index is 1.53. The molecule has 2 aliphatic rings. The van der Waals surface area contributed by atoms with E-state index in [0.29, 0.717) is 31.2 Å². The molecule has 0 aliphatic carbocycles. The first kappa shape index (κ1) is 18.3. The quantitative estimate of drug-likeness (QED) is 0.804. The summed E-state index contributed by atoms with van der Waals surface area (Å²) in [5.41, 5.74) is 1.90. The Bertz CT molecular complexity index is 902. The van der Waals surface area contributed by atoms with Crippen molar-refractivity contribution in [3.63, 3.8) is 0 Å². The van der Waals surface area contributed by atoms with Crippen LogP contribution >= 0.6 is 0 Å². The number of hydrogen-bond acceptors (Lipinski definition) is 5. The van der Waals surface area contributed by atoms with E-state index in [9.17, 15) is 8.42 Å². The van der Waals surface area contributed by atoms with Crippen LogP contribution in [0.4, 0.5) is 0 Å². The molecule has 0 amide bonds. The predicted octanol–water partition coefficient (Wildman–Crippen LogP) is 2.92. The molecular formula is C20H23NO5S. The van der Waals surface area contributed by atoms with Crippen LogP contribution in [0.3, 0.4) is 0 Å². The minimum Gasteiger partial charge on any atom is -0.486 e. The summed E-state index contributed by atoms with van der Waals surface area (Å²) in [4.78, 5) is 0.319. The number of fused-ring (bicyclic) bond motifs is 1. The topological polar surface area (TPSA) is 65.1 Å². The van der Waals surface area contributed by atoms with E-state index < -0.39 is 10.0 Å². The number of methoxy groups -OCH3 is 1. The molecule has 7 heteroatoms. The van der Waals surface area contributed by atoms with Gasteiger partial charge < -0.3 is 14.2 Å². The number of rotatable bonds is 4. The van der Waals surface area contributed by atoms with E-state index >= 15 is 0 Å². The number of hydrogen-bond donors (Lipinski definition) is 0. The fourth-order valence-corrected chi connectivity index (χ4v) is 4.97. The molecule has 2 heterocycles. The zero-order valence-corrected chi connectivity index (χ0v) is 16.1. The fraction of sp³-hybridized carbons (Fsp3) is 0.400. The molecule has 27 heavy (non-hydrogen) atoms. The lowest BCUT2D eigenvalue weighted by atomic mass is 10.1. The third-order valence-corrected chi connectivity index (χ3v) is 7.01. The summed E-state index contributed by atoms with van der Waals surface area (Å²) >= 11 is 0. The van der Waals surface area contributed by atoms with Gasteiger partial charge >= 0.3 is 0 Å². The minimum absolute atomic E-state index is 0.147. The van der Waals surface area contributed by atoms with Crippen LogP contribution < -0.4 is 9.47 Å². The van der Waals surface area contributed by atoms with Crippen LogP contribution in [-0.4, -0.2) is 52.2 Å². The molecule has 0 saturated carbocycles. The molecule has 0 atom stereocenters. The summed E-state index contributed by atoms with van der Waals surface area (Å²) < 4.78 is 43.8. The molecule has 0 N–H and O–H groups in total. The van der Waals surface area contributed by atoms with Gasteiger partial charge in [0.15, 0.2) is 11.5 Å². The molecular weight excluding hydrogens is 366 g/mol. The Morgan fingerprint density at radius 3 is 2.22 bits per heavy atom. The molecule has 144 valence electrons. The lowest BCUT2D eigenvalue weighted by molar-refractivity contribution is 0.0604. The Morgan fingerprint density at radius 2 is 1.56 bits per heavy atom. The number of ether oxygens (including phenoxy) is 3. The zero-order chi connectivity index (χ0) is 18.9. The maximum absolute atomic E-state index is 12.9. The van der Waals surface area contributed by atoms with Crippen molar-refractivity contribution in [1.29, 1.82) is 0 Å². The van der Waals surface area contributed by atoms with Crippen molar-refractivity contribution in [3.8, 4) is 22.6 Å². The monoisotopic (exact) mass is 389 g/mol. The van der Waals surface area contributed by atoms with Gasteiger partial charge in [-0.05, 0) is 48.2 Å².